The van der Waals surface area contributed by atoms with Crippen molar-refractivity contribution in [1.82, 2.24) is 0 Å². The molecule has 5 heteroatoms. The van der Waals surface area contributed by atoms with Crippen LogP contribution >= 0.6 is 15.9 Å². The molecule has 0 atom stereocenters. The second-order valence-corrected chi connectivity index (χ2v) is 7.65. The van der Waals surface area contributed by atoms with Crippen molar-refractivity contribution in [1.29, 1.82) is 0 Å². The molecule has 2 aromatic carbocycles. The summed E-state index contributed by atoms with van der Waals surface area (Å²) in [6, 6.07) is 13.3. The monoisotopic (exact) mass is 418 g/mol. The van der Waals surface area contributed by atoms with Crippen LogP contribution in [0.25, 0.3) is 6.08 Å². The first-order valence-corrected chi connectivity index (χ1v) is 9.04. The average molecular weight is 419 g/mol. The Kier molecular flexibility index (Phi) is 6.86. The van der Waals surface area contributed by atoms with E-state index in [0.29, 0.717) is 18.1 Å². The van der Waals surface area contributed by atoms with Gasteiger partial charge in [-0.05, 0) is 56.2 Å². The molecular formula is C21H23BrO4. The maximum atomic E-state index is 11.8. The van der Waals surface area contributed by atoms with E-state index in [1.165, 1.54) is 0 Å². The number of benzene rings is 2. The first-order chi connectivity index (χ1) is 12.2. The Hall–Kier alpha value is -2.27. The number of esters is 1. The molecule has 0 heterocycles. The summed E-state index contributed by atoms with van der Waals surface area (Å²) in [7, 11) is 0. The van der Waals surface area contributed by atoms with Crippen LogP contribution in [0.5, 0.6) is 11.5 Å². The summed E-state index contributed by atoms with van der Waals surface area (Å²) in [5.41, 5.74) is 1.36. The number of rotatable bonds is 7. The molecule has 0 fully saturated rings. The van der Waals surface area contributed by atoms with Gasteiger partial charge in [0.15, 0.2) is 6.61 Å². The molecule has 138 valence electrons. The minimum Gasteiger partial charge on any atom is -0.489 e. The van der Waals surface area contributed by atoms with Gasteiger partial charge in [0, 0.05) is 10.5 Å². The summed E-state index contributed by atoms with van der Waals surface area (Å²) >= 11 is 3.41. The Morgan fingerprint density at radius 2 is 1.69 bits per heavy atom. The van der Waals surface area contributed by atoms with Gasteiger partial charge in [0.25, 0.3) is 0 Å². The van der Waals surface area contributed by atoms with Gasteiger partial charge in [0.2, 0.25) is 0 Å². The topological polar surface area (TPSA) is 44.8 Å². The Morgan fingerprint density at radius 1 is 1.08 bits per heavy atom. The lowest BCUT2D eigenvalue weighted by Crippen LogP contribution is -2.27. The fourth-order valence-electron chi connectivity index (χ4n) is 2.14. The van der Waals surface area contributed by atoms with Crippen LogP contribution in [0.1, 0.15) is 31.9 Å². The van der Waals surface area contributed by atoms with Gasteiger partial charge in [-0.15, -0.1) is 0 Å². The molecule has 0 saturated carbocycles. The molecule has 0 unspecified atom stereocenters. The Morgan fingerprint density at radius 3 is 2.27 bits per heavy atom. The van der Waals surface area contributed by atoms with E-state index in [9.17, 15) is 4.79 Å². The molecule has 0 bridgehead atoms. The summed E-state index contributed by atoms with van der Waals surface area (Å²) in [5.74, 6) is 0.752. The number of hydrogen-bond acceptors (Lipinski definition) is 4. The maximum Gasteiger partial charge on any atom is 0.344 e. The van der Waals surface area contributed by atoms with E-state index < -0.39 is 11.6 Å². The molecule has 0 N–H and O–H groups in total. The number of carbonyl (C=O) groups is 1. The highest BCUT2D eigenvalue weighted by atomic mass is 79.9. The van der Waals surface area contributed by atoms with Crippen LogP contribution < -0.4 is 9.47 Å². The molecule has 0 aliphatic rings. The van der Waals surface area contributed by atoms with Crippen molar-refractivity contribution < 1.29 is 19.0 Å². The van der Waals surface area contributed by atoms with Gasteiger partial charge in [-0.3, -0.25) is 0 Å². The average Bonchev–Trinajstić information content (AvgIpc) is 2.58. The standard InChI is InChI=1S/C21H23BrO4/c1-5-15-10-18(24-13-16-6-8-17(22)9-7-16)12-19(11-15)25-14-20(23)26-21(2,3)4/h5-12H,1,13-14H2,2-4H3. The fraction of sp³-hybridized carbons (Fsp3) is 0.286. The quantitative estimate of drug-likeness (QED) is 0.565. The maximum absolute atomic E-state index is 11.8. The van der Waals surface area contributed by atoms with E-state index in [1.54, 1.807) is 18.2 Å². The molecule has 2 aromatic rings. The Balaban J connectivity index is 2.01. The van der Waals surface area contributed by atoms with Crippen LogP contribution in [0.2, 0.25) is 0 Å². The summed E-state index contributed by atoms with van der Waals surface area (Å²) in [4.78, 5) is 11.8. The van der Waals surface area contributed by atoms with Crippen molar-refractivity contribution in [3.05, 3.63) is 64.6 Å². The summed E-state index contributed by atoms with van der Waals surface area (Å²) in [6.07, 6.45) is 1.70. The lowest BCUT2D eigenvalue weighted by molar-refractivity contribution is -0.157. The van der Waals surface area contributed by atoms with Crippen molar-refractivity contribution in [3.8, 4) is 11.5 Å². The van der Waals surface area contributed by atoms with Crippen LogP contribution in [0, 0.1) is 0 Å². The molecule has 4 nitrogen and oxygen atoms in total. The van der Waals surface area contributed by atoms with Crippen LogP contribution in [0.3, 0.4) is 0 Å². The van der Waals surface area contributed by atoms with Crippen LogP contribution in [0.4, 0.5) is 0 Å². The predicted molar refractivity (Wildman–Crippen MR) is 106 cm³/mol. The van der Waals surface area contributed by atoms with E-state index in [1.807, 2.05) is 51.1 Å². The Labute approximate surface area is 162 Å². The molecule has 0 aliphatic carbocycles. The third kappa shape index (κ3) is 6.92. The smallest absolute Gasteiger partial charge is 0.344 e. The van der Waals surface area contributed by atoms with Crippen molar-refractivity contribution in [2.45, 2.75) is 33.0 Å². The molecule has 0 amide bonds. The summed E-state index contributed by atoms with van der Waals surface area (Å²) in [5, 5.41) is 0. The molecular weight excluding hydrogens is 396 g/mol. The van der Waals surface area contributed by atoms with Crippen LogP contribution in [0.15, 0.2) is 53.5 Å². The zero-order valence-electron chi connectivity index (χ0n) is 15.3. The number of ether oxygens (including phenoxy) is 3. The molecule has 26 heavy (non-hydrogen) atoms. The van der Waals surface area contributed by atoms with E-state index in [4.69, 9.17) is 14.2 Å². The van der Waals surface area contributed by atoms with Gasteiger partial charge in [-0.25, -0.2) is 4.79 Å². The highest BCUT2D eigenvalue weighted by Crippen LogP contribution is 2.25. The second-order valence-electron chi connectivity index (χ2n) is 6.73. The molecule has 0 radical (unpaired) electrons. The van der Waals surface area contributed by atoms with Crippen molar-refractivity contribution in [2.24, 2.45) is 0 Å². The number of halogens is 1. The van der Waals surface area contributed by atoms with Crippen molar-refractivity contribution in [2.75, 3.05) is 6.61 Å². The first-order valence-electron chi connectivity index (χ1n) is 8.24. The molecule has 0 saturated heterocycles. The summed E-state index contributed by atoms with van der Waals surface area (Å²) in [6.45, 7) is 9.49. The third-order valence-electron chi connectivity index (χ3n) is 3.23. The zero-order valence-corrected chi connectivity index (χ0v) is 16.8. The first kappa shape index (κ1) is 20.0. The summed E-state index contributed by atoms with van der Waals surface area (Å²) < 4.78 is 17.7. The lowest BCUT2D eigenvalue weighted by atomic mass is 10.2. The number of carbonyl (C=O) groups excluding carboxylic acids is 1. The third-order valence-corrected chi connectivity index (χ3v) is 3.76. The largest absolute Gasteiger partial charge is 0.489 e. The van der Waals surface area contributed by atoms with E-state index in [2.05, 4.69) is 22.5 Å². The predicted octanol–water partition coefficient (Wildman–Crippen LogP) is 5.39. The van der Waals surface area contributed by atoms with Gasteiger partial charge >= 0.3 is 5.97 Å². The zero-order chi connectivity index (χ0) is 19.2. The van der Waals surface area contributed by atoms with Gasteiger partial charge in [-0.1, -0.05) is 40.7 Å². The van der Waals surface area contributed by atoms with E-state index >= 15 is 0 Å². The van der Waals surface area contributed by atoms with E-state index in [-0.39, 0.29) is 6.61 Å². The van der Waals surface area contributed by atoms with Crippen LogP contribution in [-0.4, -0.2) is 18.2 Å². The Bertz CT molecular complexity index is 761. The second kappa shape index (κ2) is 8.90. The highest BCUT2D eigenvalue weighted by molar-refractivity contribution is 9.10. The highest BCUT2D eigenvalue weighted by Gasteiger charge is 2.16. The van der Waals surface area contributed by atoms with E-state index in [0.717, 1.165) is 15.6 Å². The van der Waals surface area contributed by atoms with Crippen molar-refractivity contribution >= 4 is 28.0 Å². The minimum atomic E-state index is -0.539. The fourth-order valence-corrected chi connectivity index (χ4v) is 2.40. The molecule has 0 aliphatic heterocycles. The molecule has 0 spiro atoms. The molecule has 2 rings (SSSR count). The van der Waals surface area contributed by atoms with Crippen molar-refractivity contribution in [3.63, 3.8) is 0 Å². The van der Waals surface area contributed by atoms with Gasteiger partial charge in [-0.2, -0.15) is 0 Å². The SMILES string of the molecule is C=Cc1cc(OCC(=O)OC(C)(C)C)cc(OCc2ccc(Br)cc2)c1. The lowest BCUT2D eigenvalue weighted by Gasteiger charge is -2.19. The van der Waals surface area contributed by atoms with Gasteiger partial charge < -0.3 is 14.2 Å². The number of hydrogen-bond donors (Lipinski definition) is 0. The normalized spacial score (nSPS) is 10.9. The van der Waals surface area contributed by atoms with Gasteiger partial charge in [0.1, 0.15) is 23.7 Å². The minimum absolute atomic E-state index is 0.163. The van der Waals surface area contributed by atoms with Gasteiger partial charge in [0.05, 0.1) is 0 Å². The van der Waals surface area contributed by atoms with Crippen LogP contribution in [-0.2, 0) is 16.1 Å². The molecule has 0 aromatic heterocycles.